The number of aliphatic hydroxyl groups is 1. The van der Waals surface area contributed by atoms with E-state index in [1.807, 2.05) is 35.1 Å². The topological polar surface area (TPSA) is 63.8 Å². The first-order chi connectivity index (χ1) is 10.4. The van der Waals surface area contributed by atoms with Crippen LogP contribution in [-0.4, -0.2) is 31.5 Å². The molecule has 2 aromatic heterocycles. The lowest BCUT2D eigenvalue weighted by atomic mass is 10.0. The first kappa shape index (κ1) is 13.5. The van der Waals surface area contributed by atoms with Crippen molar-refractivity contribution in [3.63, 3.8) is 0 Å². The molecule has 0 atom stereocenters. The lowest BCUT2D eigenvalue weighted by molar-refractivity contribution is 0.277. The Morgan fingerprint density at radius 1 is 1.00 bits per heavy atom. The summed E-state index contributed by atoms with van der Waals surface area (Å²) in [7, 11) is 0. The highest BCUT2D eigenvalue weighted by atomic mass is 16.3. The molecule has 0 bridgehead atoms. The molecule has 0 saturated heterocycles. The highest BCUT2D eigenvalue weighted by molar-refractivity contribution is 5.70. The number of rotatable bonds is 5. The third-order valence-corrected chi connectivity index (χ3v) is 3.24. The quantitative estimate of drug-likeness (QED) is 0.779. The van der Waals surface area contributed by atoms with Crippen LogP contribution in [0.3, 0.4) is 0 Å². The van der Waals surface area contributed by atoms with E-state index in [9.17, 15) is 0 Å². The highest BCUT2D eigenvalue weighted by Crippen LogP contribution is 2.24. The third kappa shape index (κ3) is 3.14. The zero-order valence-corrected chi connectivity index (χ0v) is 11.6. The molecule has 3 aromatic rings. The van der Waals surface area contributed by atoms with Gasteiger partial charge in [-0.05, 0) is 24.1 Å². The Morgan fingerprint density at radius 3 is 2.62 bits per heavy atom. The Morgan fingerprint density at radius 2 is 1.81 bits per heavy atom. The first-order valence-electron chi connectivity index (χ1n) is 6.87. The van der Waals surface area contributed by atoms with Crippen LogP contribution in [0.1, 0.15) is 6.42 Å². The van der Waals surface area contributed by atoms with Crippen molar-refractivity contribution in [1.82, 2.24) is 19.7 Å². The molecule has 5 heteroatoms. The molecule has 0 amide bonds. The second-order valence-electron chi connectivity index (χ2n) is 4.75. The van der Waals surface area contributed by atoms with Crippen LogP contribution in [0, 0.1) is 0 Å². The molecule has 106 valence electrons. The van der Waals surface area contributed by atoms with Crippen molar-refractivity contribution >= 4 is 0 Å². The molecule has 1 aromatic carbocycles. The molecule has 0 unspecified atom stereocenters. The zero-order valence-electron chi connectivity index (χ0n) is 11.6. The minimum absolute atomic E-state index is 0.179. The van der Waals surface area contributed by atoms with Gasteiger partial charge >= 0.3 is 0 Å². The number of nitrogens with zero attached hydrogens (tertiary/aromatic N) is 4. The van der Waals surface area contributed by atoms with Gasteiger partial charge < -0.3 is 5.11 Å². The van der Waals surface area contributed by atoms with E-state index in [4.69, 9.17) is 5.11 Å². The van der Waals surface area contributed by atoms with Gasteiger partial charge in [0, 0.05) is 42.9 Å². The maximum atomic E-state index is 8.86. The molecule has 3 rings (SSSR count). The number of hydrogen-bond acceptors (Lipinski definition) is 4. The van der Waals surface area contributed by atoms with Crippen LogP contribution in [0.5, 0.6) is 0 Å². The molecular formula is C16H16N4O. The second-order valence-corrected chi connectivity index (χ2v) is 4.75. The van der Waals surface area contributed by atoms with Gasteiger partial charge in [0.1, 0.15) is 6.33 Å². The summed E-state index contributed by atoms with van der Waals surface area (Å²) in [4.78, 5) is 8.09. The fraction of sp³-hybridized carbons (Fsp3) is 0.188. The van der Waals surface area contributed by atoms with E-state index in [-0.39, 0.29) is 6.61 Å². The van der Waals surface area contributed by atoms with E-state index in [2.05, 4.69) is 21.1 Å². The summed E-state index contributed by atoms with van der Waals surface area (Å²) in [5.74, 6) is 0. The molecular weight excluding hydrogens is 264 g/mol. The lowest BCUT2D eigenvalue weighted by Gasteiger charge is -2.03. The Labute approximate surface area is 122 Å². The van der Waals surface area contributed by atoms with Crippen LogP contribution in [0.4, 0.5) is 0 Å². The summed E-state index contributed by atoms with van der Waals surface area (Å²) < 4.78 is 1.85. The fourth-order valence-electron chi connectivity index (χ4n) is 2.18. The molecule has 0 radical (unpaired) electrons. The second kappa shape index (κ2) is 6.28. The molecule has 0 fully saturated rings. The molecule has 0 spiro atoms. The summed E-state index contributed by atoms with van der Waals surface area (Å²) in [5, 5.41) is 13.4. The average Bonchev–Trinajstić information content (AvgIpc) is 3.03. The SMILES string of the molecule is OCCCn1ccc(-c2cccc(-c3cncnc3)c2)n1. The van der Waals surface area contributed by atoms with E-state index in [0.717, 1.165) is 28.9 Å². The molecule has 1 N–H and O–H groups in total. The fourth-order valence-corrected chi connectivity index (χ4v) is 2.18. The number of aliphatic hydroxyl groups excluding tert-OH is 1. The predicted octanol–water partition coefficient (Wildman–Crippen LogP) is 2.39. The van der Waals surface area contributed by atoms with Crippen molar-refractivity contribution in [1.29, 1.82) is 0 Å². The molecule has 0 aliphatic rings. The van der Waals surface area contributed by atoms with Crippen LogP contribution in [0.15, 0.2) is 55.2 Å². The van der Waals surface area contributed by atoms with Crippen molar-refractivity contribution in [2.75, 3.05) is 6.61 Å². The van der Waals surface area contributed by atoms with Gasteiger partial charge in [-0.1, -0.05) is 18.2 Å². The van der Waals surface area contributed by atoms with Crippen LogP contribution in [0.2, 0.25) is 0 Å². The number of benzene rings is 1. The normalized spacial score (nSPS) is 10.7. The summed E-state index contributed by atoms with van der Waals surface area (Å²) >= 11 is 0. The van der Waals surface area contributed by atoms with Gasteiger partial charge in [-0.2, -0.15) is 5.10 Å². The smallest absolute Gasteiger partial charge is 0.115 e. The van der Waals surface area contributed by atoms with Gasteiger partial charge in [-0.25, -0.2) is 9.97 Å². The van der Waals surface area contributed by atoms with E-state index in [0.29, 0.717) is 6.42 Å². The zero-order chi connectivity index (χ0) is 14.5. The molecule has 0 aliphatic carbocycles. The van der Waals surface area contributed by atoms with Crippen LogP contribution >= 0.6 is 0 Å². The van der Waals surface area contributed by atoms with Crippen molar-refractivity contribution in [3.05, 3.63) is 55.2 Å². The van der Waals surface area contributed by atoms with Crippen LogP contribution in [0.25, 0.3) is 22.4 Å². The van der Waals surface area contributed by atoms with E-state index >= 15 is 0 Å². The van der Waals surface area contributed by atoms with Gasteiger partial charge in [-0.3, -0.25) is 4.68 Å². The molecule has 0 aliphatic heterocycles. The lowest BCUT2D eigenvalue weighted by Crippen LogP contribution is -2.00. The Hall–Kier alpha value is -2.53. The van der Waals surface area contributed by atoms with Crippen molar-refractivity contribution < 1.29 is 5.11 Å². The Kier molecular flexibility index (Phi) is 4.02. The standard InChI is InChI=1S/C16H16N4O/c21-8-2-6-20-7-5-16(19-20)14-4-1-3-13(9-14)15-10-17-12-18-11-15/h1,3-5,7,9-12,21H,2,6,8H2. The van der Waals surface area contributed by atoms with Crippen LogP contribution < -0.4 is 0 Å². The summed E-state index contributed by atoms with van der Waals surface area (Å²) in [6.07, 6.45) is 7.76. The molecule has 2 heterocycles. The van der Waals surface area contributed by atoms with Crippen LogP contribution in [-0.2, 0) is 6.54 Å². The molecule has 21 heavy (non-hydrogen) atoms. The van der Waals surface area contributed by atoms with E-state index in [1.54, 1.807) is 12.4 Å². The molecule has 5 nitrogen and oxygen atoms in total. The summed E-state index contributed by atoms with van der Waals surface area (Å²) in [6.45, 7) is 0.904. The minimum atomic E-state index is 0.179. The monoisotopic (exact) mass is 280 g/mol. The van der Waals surface area contributed by atoms with Crippen molar-refractivity contribution in [2.45, 2.75) is 13.0 Å². The molecule has 0 saturated carbocycles. The first-order valence-corrected chi connectivity index (χ1v) is 6.87. The van der Waals surface area contributed by atoms with Gasteiger partial charge in [0.25, 0.3) is 0 Å². The van der Waals surface area contributed by atoms with Gasteiger partial charge in [0.2, 0.25) is 0 Å². The predicted molar refractivity (Wildman–Crippen MR) is 80.4 cm³/mol. The van der Waals surface area contributed by atoms with Crippen molar-refractivity contribution in [3.8, 4) is 22.4 Å². The maximum absolute atomic E-state index is 8.86. The summed E-state index contributed by atoms with van der Waals surface area (Å²) in [6, 6.07) is 10.1. The van der Waals surface area contributed by atoms with E-state index < -0.39 is 0 Å². The Balaban J connectivity index is 1.88. The largest absolute Gasteiger partial charge is 0.396 e. The number of hydrogen-bond donors (Lipinski definition) is 1. The average molecular weight is 280 g/mol. The van der Waals surface area contributed by atoms with Crippen molar-refractivity contribution in [2.24, 2.45) is 0 Å². The number of aryl methyl sites for hydroxylation is 1. The Bertz CT molecular complexity index is 709. The van der Waals surface area contributed by atoms with Gasteiger partial charge in [-0.15, -0.1) is 0 Å². The number of aromatic nitrogens is 4. The minimum Gasteiger partial charge on any atom is -0.396 e. The van der Waals surface area contributed by atoms with Gasteiger partial charge in [0.15, 0.2) is 0 Å². The maximum Gasteiger partial charge on any atom is 0.115 e. The third-order valence-electron chi connectivity index (χ3n) is 3.24. The summed E-state index contributed by atoms with van der Waals surface area (Å²) in [5.41, 5.74) is 4.03. The highest BCUT2D eigenvalue weighted by Gasteiger charge is 2.05. The van der Waals surface area contributed by atoms with Gasteiger partial charge in [0.05, 0.1) is 5.69 Å². The van der Waals surface area contributed by atoms with E-state index in [1.165, 1.54) is 6.33 Å².